The Hall–Kier alpha value is -3.06. The molecule has 206 valence electrons. The molecule has 0 aliphatic heterocycles. The predicted molar refractivity (Wildman–Crippen MR) is 127 cm³/mol. The molecule has 0 unspecified atom stereocenters. The Morgan fingerprint density at radius 1 is 0.692 bits per heavy atom. The second kappa shape index (κ2) is 10.8. The van der Waals surface area contributed by atoms with Gasteiger partial charge in [0.25, 0.3) is 0 Å². The van der Waals surface area contributed by atoms with Crippen molar-refractivity contribution in [2.24, 2.45) is 0 Å². The number of rotatable bonds is 5. The van der Waals surface area contributed by atoms with Crippen LogP contribution >= 0.6 is 0 Å². The Kier molecular flexibility index (Phi) is 8.47. The topological polar surface area (TPSA) is 25.8 Å². The summed E-state index contributed by atoms with van der Waals surface area (Å²) in [6, 6.07) is 16.6. The number of pyridine rings is 2. The van der Waals surface area contributed by atoms with Gasteiger partial charge in [-0.3, -0.25) is 22.5 Å². The monoisotopic (exact) mass is 725 g/mol. The molecule has 0 radical (unpaired) electrons. The van der Waals surface area contributed by atoms with Crippen LogP contribution in [0.15, 0.2) is 54.6 Å². The van der Waals surface area contributed by atoms with Crippen LogP contribution in [0.3, 0.4) is 0 Å². The summed E-state index contributed by atoms with van der Waals surface area (Å²) in [6.07, 6.45) is -5.24. The summed E-state index contributed by atoms with van der Waals surface area (Å²) >= 11 is 0. The van der Waals surface area contributed by atoms with Gasteiger partial charge in [0.2, 0.25) is 0 Å². The van der Waals surface area contributed by atoms with Crippen molar-refractivity contribution < 1.29 is 51.8 Å². The fourth-order valence-corrected chi connectivity index (χ4v) is 4.18. The van der Waals surface area contributed by atoms with Gasteiger partial charge in [-0.2, -0.15) is 19.2 Å². The first-order valence-corrected chi connectivity index (χ1v) is 11.4. The van der Waals surface area contributed by atoms with Crippen molar-refractivity contribution in [1.29, 1.82) is 0 Å². The second-order valence-corrected chi connectivity index (χ2v) is 9.81. The van der Waals surface area contributed by atoms with E-state index < -0.39 is 51.4 Å². The first kappa shape index (κ1) is 30.5. The number of nitrogens with zero attached hydrogens (tertiary/aromatic N) is 2. The van der Waals surface area contributed by atoms with Gasteiger partial charge in [-0.05, 0) is 37.7 Å². The van der Waals surface area contributed by atoms with Crippen molar-refractivity contribution in [3.05, 3.63) is 118 Å². The van der Waals surface area contributed by atoms with E-state index in [9.17, 15) is 30.7 Å². The molecule has 0 fully saturated rings. The van der Waals surface area contributed by atoms with Crippen LogP contribution in [0.25, 0.3) is 11.3 Å². The molecule has 2 aromatic heterocycles. The molecule has 4 aromatic rings. The van der Waals surface area contributed by atoms with Crippen LogP contribution in [0.5, 0.6) is 0 Å². The second-order valence-electron chi connectivity index (χ2n) is 9.81. The standard InChI is InChI=1S/C29H21F7N2.Pt/c1-27(2,18-13-11-16(30)15-20(18)32)22-9-6-10-24(38-22)28(3,4)23-8-5-7-21(37-23)17-12-14-19(31)25(26(17)33)29(34,35)36;/h5-11,14-15H,1-4H3;/q-2;+2. The number of aromatic nitrogens is 2. The molecule has 0 aliphatic carbocycles. The molecule has 4 rings (SSSR count). The zero-order valence-corrected chi connectivity index (χ0v) is 23.3. The molecule has 0 aliphatic rings. The number of alkyl halides is 3. The van der Waals surface area contributed by atoms with Crippen molar-refractivity contribution in [2.75, 3.05) is 0 Å². The van der Waals surface area contributed by atoms with Crippen LogP contribution in [-0.2, 0) is 38.1 Å². The summed E-state index contributed by atoms with van der Waals surface area (Å²) in [6.45, 7) is 6.94. The quantitative estimate of drug-likeness (QED) is 0.154. The Morgan fingerprint density at radius 3 is 1.85 bits per heavy atom. The number of hydrogen-bond acceptors (Lipinski definition) is 2. The summed E-state index contributed by atoms with van der Waals surface area (Å²) in [4.78, 5) is 9.08. The Morgan fingerprint density at radius 2 is 1.26 bits per heavy atom. The minimum atomic E-state index is -5.24. The molecular formula is C29H21F7N2Pt. The van der Waals surface area contributed by atoms with Gasteiger partial charge in [0, 0.05) is 39.4 Å². The van der Waals surface area contributed by atoms with Crippen molar-refractivity contribution >= 4 is 0 Å². The average Bonchev–Trinajstić information content (AvgIpc) is 2.83. The van der Waals surface area contributed by atoms with Crippen molar-refractivity contribution in [3.63, 3.8) is 0 Å². The van der Waals surface area contributed by atoms with E-state index in [1.54, 1.807) is 52.0 Å². The van der Waals surface area contributed by atoms with Gasteiger partial charge in [-0.1, -0.05) is 37.6 Å². The number of benzene rings is 2. The van der Waals surface area contributed by atoms with Gasteiger partial charge < -0.3 is 4.98 Å². The summed E-state index contributed by atoms with van der Waals surface area (Å²) in [5, 5.41) is 0. The van der Waals surface area contributed by atoms with Gasteiger partial charge in [-0.25, -0.2) is 0 Å². The molecule has 2 heterocycles. The summed E-state index contributed by atoms with van der Waals surface area (Å²) < 4.78 is 96.2. The minimum absolute atomic E-state index is 0. The smallest absolute Gasteiger partial charge is 0.300 e. The third-order valence-electron chi connectivity index (χ3n) is 6.46. The summed E-state index contributed by atoms with van der Waals surface area (Å²) in [7, 11) is 0. The zero-order valence-electron chi connectivity index (χ0n) is 21.1. The molecule has 0 saturated heterocycles. The van der Waals surface area contributed by atoms with Crippen LogP contribution < -0.4 is 0 Å². The van der Waals surface area contributed by atoms with E-state index >= 15 is 0 Å². The van der Waals surface area contributed by atoms with E-state index in [-0.39, 0.29) is 32.3 Å². The van der Waals surface area contributed by atoms with Gasteiger partial charge in [0.15, 0.2) is 0 Å². The van der Waals surface area contributed by atoms with E-state index in [0.717, 1.165) is 12.1 Å². The summed E-state index contributed by atoms with van der Waals surface area (Å²) in [5.41, 5.74) is -3.37. The third-order valence-corrected chi connectivity index (χ3v) is 6.46. The zero-order chi connectivity index (χ0) is 28.0. The van der Waals surface area contributed by atoms with Crippen LogP contribution in [-0.4, -0.2) is 9.97 Å². The number of hydrogen-bond donors (Lipinski definition) is 0. The SMILES string of the molecule is CC(C)(c1cccc(-c2[c-]cc(F)c(C(F)(F)F)c2F)n1)c1cccc(C(C)(C)c2[c-]cc(F)cc2F)n1.[Pt+2]. The average molecular weight is 726 g/mol. The fraction of sp³-hybridized carbons (Fsp3) is 0.241. The summed E-state index contributed by atoms with van der Waals surface area (Å²) in [5.74, 6) is -5.10. The third kappa shape index (κ3) is 5.79. The minimum Gasteiger partial charge on any atom is -0.300 e. The van der Waals surface area contributed by atoms with Crippen molar-refractivity contribution in [1.82, 2.24) is 9.97 Å². The molecule has 10 heteroatoms. The largest absolute Gasteiger partial charge is 2.00 e. The van der Waals surface area contributed by atoms with Crippen LogP contribution in [0.4, 0.5) is 30.7 Å². The number of halogens is 7. The molecule has 2 aromatic carbocycles. The molecule has 2 nitrogen and oxygen atoms in total. The first-order chi connectivity index (χ1) is 17.6. The normalized spacial score (nSPS) is 12.3. The fourth-order valence-electron chi connectivity index (χ4n) is 4.18. The molecular weight excluding hydrogens is 704 g/mol. The van der Waals surface area contributed by atoms with E-state index in [2.05, 4.69) is 17.1 Å². The first-order valence-electron chi connectivity index (χ1n) is 11.4. The van der Waals surface area contributed by atoms with E-state index in [4.69, 9.17) is 4.98 Å². The van der Waals surface area contributed by atoms with E-state index in [0.29, 0.717) is 23.1 Å². The molecule has 0 atom stereocenters. The van der Waals surface area contributed by atoms with Gasteiger partial charge >= 0.3 is 27.2 Å². The van der Waals surface area contributed by atoms with Crippen molar-refractivity contribution in [3.8, 4) is 11.3 Å². The van der Waals surface area contributed by atoms with Crippen LogP contribution in [0, 0.1) is 35.4 Å². The Bertz CT molecular complexity index is 1510. The van der Waals surface area contributed by atoms with Gasteiger partial charge in [-0.15, -0.1) is 29.8 Å². The van der Waals surface area contributed by atoms with Gasteiger partial charge in [0.1, 0.15) is 0 Å². The maximum Gasteiger partial charge on any atom is 2.00 e. The molecule has 0 saturated carbocycles. The predicted octanol–water partition coefficient (Wildman–Crippen LogP) is 7.97. The molecule has 0 spiro atoms. The molecule has 0 amide bonds. The molecule has 39 heavy (non-hydrogen) atoms. The maximum absolute atomic E-state index is 14.8. The van der Waals surface area contributed by atoms with Crippen LogP contribution in [0.2, 0.25) is 0 Å². The van der Waals surface area contributed by atoms with E-state index in [1.165, 1.54) is 12.1 Å². The van der Waals surface area contributed by atoms with Gasteiger partial charge in [0.05, 0.1) is 17.3 Å². The molecule has 0 N–H and O–H groups in total. The Balaban J connectivity index is 0.00000420. The van der Waals surface area contributed by atoms with E-state index in [1.807, 2.05) is 0 Å². The molecule has 0 bridgehead atoms. The van der Waals surface area contributed by atoms with Crippen LogP contribution in [0.1, 0.15) is 55.9 Å². The Labute approximate surface area is 235 Å². The maximum atomic E-state index is 14.8. The van der Waals surface area contributed by atoms with Crippen molar-refractivity contribution in [2.45, 2.75) is 44.7 Å².